The van der Waals surface area contributed by atoms with Crippen molar-refractivity contribution in [3.8, 4) is 11.1 Å². The predicted molar refractivity (Wildman–Crippen MR) is 100 cm³/mol. The van der Waals surface area contributed by atoms with E-state index in [1.54, 1.807) is 0 Å². The van der Waals surface area contributed by atoms with Gasteiger partial charge in [-0.05, 0) is 28.8 Å². The molecule has 0 bridgehead atoms. The molecule has 1 amide bonds. The molecule has 3 N–H and O–H groups in total. The summed E-state index contributed by atoms with van der Waals surface area (Å²) in [4.78, 5) is 10.8. The van der Waals surface area contributed by atoms with Crippen molar-refractivity contribution in [2.24, 2.45) is 0 Å². The van der Waals surface area contributed by atoms with Gasteiger partial charge < -0.3 is 10.4 Å². The highest BCUT2D eigenvalue weighted by molar-refractivity contribution is 5.76. The molecule has 0 aliphatic heterocycles. The number of aromatic amines is 1. The summed E-state index contributed by atoms with van der Waals surface area (Å²) in [5.41, 5.74) is 6.29. The number of rotatable bonds is 4. The standard InChI is InChI=1S/C21H20FN3O2/c1-12(11-23-21(26)27)20-19-16-5-3-2-4-15(16)17(10-18(19)24-25-20)13-6-8-14(22)9-7-13/h2-9,12,17,23H,10-11H2,1H3,(H,24,25)(H,26,27). The first-order valence-electron chi connectivity index (χ1n) is 8.93. The van der Waals surface area contributed by atoms with Crippen LogP contribution in [0.3, 0.4) is 0 Å². The van der Waals surface area contributed by atoms with Crippen molar-refractivity contribution in [3.05, 3.63) is 76.9 Å². The number of carbonyl (C=O) groups is 1. The lowest BCUT2D eigenvalue weighted by Gasteiger charge is -2.27. The minimum Gasteiger partial charge on any atom is -0.465 e. The second-order valence-electron chi connectivity index (χ2n) is 6.95. The molecule has 1 aliphatic rings. The number of carboxylic acid groups (broad SMARTS) is 1. The van der Waals surface area contributed by atoms with Gasteiger partial charge >= 0.3 is 6.09 Å². The van der Waals surface area contributed by atoms with Gasteiger partial charge in [0.1, 0.15) is 5.82 Å². The van der Waals surface area contributed by atoms with Crippen LogP contribution >= 0.6 is 0 Å². The predicted octanol–water partition coefficient (Wildman–Crippen LogP) is 4.27. The van der Waals surface area contributed by atoms with Gasteiger partial charge in [0.15, 0.2) is 0 Å². The third kappa shape index (κ3) is 3.18. The first-order chi connectivity index (χ1) is 13.0. The summed E-state index contributed by atoms with van der Waals surface area (Å²) in [6.45, 7) is 2.26. The lowest BCUT2D eigenvalue weighted by Crippen LogP contribution is -2.26. The fourth-order valence-corrected chi connectivity index (χ4v) is 3.87. The number of fused-ring (bicyclic) bond motifs is 3. The van der Waals surface area contributed by atoms with Gasteiger partial charge in [0, 0.05) is 36.1 Å². The van der Waals surface area contributed by atoms with Crippen molar-refractivity contribution < 1.29 is 14.3 Å². The molecule has 0 saturated heterocycles. The van der Waals surface area contributed by atoms with E-state index in [4.69, 9.17) is 5.11 Å². The number of nitrogens with zero attached hydrogens (tertiary/aromatic N) is 1. The lowest BCUT2D eigenvalue weighted by molar-refractivity contribution is 0.194. The molecule has 1 heterocycles. The Bertz CT molecular complexity index is 981. The van der Waals surface area contributed by atoms with Crippen molar-refractivity contribution in [2.45, 2.75) is 25.2 Å². The van der Waals surface area contributed by atoms with Crippen LogP contribution in [-0.2, 0) is 6.42 Å². The first-order valence-corrected chi connectivity index (χ1v) is 8.93. The molecule has 0 fully saturated rings. The van der Waals surface area contributed by atoms with Gasteiger partial charge in [0.05, 0.1) is 5.69 Å². The monoisotopic (exact) mass is 365 g/mol. The Morgan fingerprint density at radius 2 is 2.04 bits per heavy atom. The van der Waals surface area contributed by atoms with Gasteiger partial charge in [-0.15, -0.1) is 0 Å². The van der Waals surface area contributed by atoms with Crippen molar-refractivity contribution in [1.29, 1.82) is 0 Å². The summed E-state index contributed by atoms with van der Waals surface area (Å²) in [6.07, 6.45) is -0.299. The lowest BCUT2D eigenvalue weighted by atomic mass is 9.76. The normalized spacial score (nSPS) is 16.3. The molecule has 6 heteroatoms. The highest BCUT2D eigenvalue weighted by Crippen LogP contribution is 2.44. The summed E-state index contributed by atoms with van der Waals surface area (Å²) in [6, 6.07) is 14.8. The zero-order valence-electron chi connectivity index (χ0n) is 14.9. The number of hydrogen-bond acceptors (Lipinski definition) is 2. The number of hydrogen-bond donors (Lipinski definition) is 3. The molecular formula is C21H20FN3O2. The second kappa shape index (κ2) is 6.87. The minimum absolute atomic E-state index is 0.0588. The fraction of sp³-hybridized carbons (Fsp3) is 0.238. The highest BCUT2D eigenvalue weighted by Gasteiger charge is 2.31. The van der Waals surface area contributed by atoms with Crippen molar-refractivity contribution in [2.75, 3.05) is 6.54 Å². The third-order valence-corrected chi connectivity index (χ3v) is 5.18. The summed E-state index contributed by atoms with van der Waals surface area (Å²) in [7, 11) is 0. The van der Waals surface area contributed by atoms with Crippen LogP contribution in [0.4, 0.5) is 9.18 Å². The number of H-pyrrole nitrogens is 1. The maximum Gasteiger partial charge on any atom is 0.404 e. The largest absolute Gasteiger partial charge is 0.465 e. The SMILES string of the molecule is CC(CNC(=O)O)c1n[nH]c2c1-c1ccccc1C(c1ccc(F)cc1)C2. The number of nitrogens with one attached hydrogen (secondary N) is 2. The summed E-state index contributed by atoms with van der Waals surface area (Å²) in [5, 5.41) is 18.9. The van der Waals surface area contributed by atoms with Crippen LogP contribution in [0.5, 0.6) is 0 Å². The van der Waals surface area contributed by atoms with Crippen LogP contribution < -0.4 is 5.32 Å². The molecule has 5 nitrogen and oxygen atoms in total. The summed E-state index contributed by atoms with van der Waals surface area (Å²) >= 11 is 0. The number of halogens is 1. The topological polar surface area (TPSA) is 78.0 Å². The van der Waals surface area contributed by atoms with E-state index in [2.05, 4.69) is 27.6 Å². The van der Waals surface area contributed by atoms with E-state index in [-0.39, 0.29) is 17.7 Å². The maximum absolute atomic E-state index is 13.3. The molecule has 2 unspecified atom stereocenters. The smallest absolute Gasteiger partial charge is 0.404 e. The van der Waals surface area contributed by atoms with Gasteiger partial charge in [0.25, 0.3) is 0 Å². The number of aromatic nitrogens is 2. The van der Waals surface area contributed by atoms with E-state index in [9.17, 15) is 9.18 Å². The Kier molecular flexibility index (Phi) is 4.39. The number of benzene rings is 2. The average Bonchev–Trinajstić information content (AvgIpc) is 3.10. The molecule has 4 rings (SSSR count). The maximum atomic E-state index is 13.3. The van der Waals surface area contributed by atoms with Crippen molar-refractivity contribution in [1.82, 2.24) is 15.5 Å². The van der Waals surface area contributed by atoms with E-state index >= 15 is 0 Å². The van der Waals surface area contributed by atoms with E-state index in [1.165, 1.54) is 17.7 Å². The van der Waals surface area contributed by atoms with E-state index < -0.39 is 6.09 Å². The Hall–Kier alpha value is -3.15. The Labute approximate surface area is 156 Å². The van der Waals surface area contributed by atoms with Gasteiger partial charge in [-0.25, -0.2) is 9.18 Å². The quantitative estimate of drug-likeness (QED) is 0.646. The van der Waals surface area contributed by atoms with E-state index in [0.29, 0.717) is 6.54 Å². The fourth-order valence-electron chi connectivity index (χ4n) is 3.87. The molecule has 1 aliphatic carbocycles. The van der Waals surface area contributed by atoms with Crippen LogP contribution in [0.25, 0.3) is 11.1 Å². The van der Waals surface area contributed by atoms with Crippen LogP contribution in [0.15, 0.2) is 48.5 Å². The van der Waals surface area contributed by atoms with Crippen molar-refractivity contribution >= 4 is 6.09 Å². The Balaban J connectivity index is 1.75. The molecular weight excluding hydrogens is 345 g/mol. The van der Waals surface area contributed by atoms with Gasteiger partial charge in [0.2, 0.25) is 0 Å². The highest BCUT2D eigenvalue weighted by atomic mass is 19.1. The summed E-state index contributed by atoms with van der Waals surface area (Å²) in [5.74, 6) is -0.182. The molecule has 0 spiro atoms. The molecule has 27 heavy (non-hydrogen) atoms. The van der Waals surface area contributed by atoms with Crippen LogP contribution in [0.2, 0.25) is 0 Å². The first kappa shape index (κ1) is 17.3. The Morgan fingerprint density at radius 1 is 1.30 bits per heavy atom. The van der Waals surface area contributed by atoms with Crippen molar-refractivity contribution in [3.63, 3.8) is 0 Å². The summed E-state index contributed by atoms with van der Waals surface area (Å²) < 4.78 is 13.3. The van der Waals surface area contributed by atoms with Gasteiger partial charge in [-0.1, -0.05) is 43.3 Å². The minimum atomic E-state index is -1.04. The molecule has 2 aromatic carbocycles. The third-order valence-electron chi connectivity index (χ3n) is 5.18. The van der Waals surface area contributed by atoms with Crippen LogP contribution in [0, 0.1) is 5.82 Å². The van der Waals surface area contributed by atoms with Crippen LogP contribution in [-0.4, -0.2) is 27.9 Å². The van der Waals surface area contributed by atoms with Gasteiger partial charge in [-0.3, -0.25) is 5.10 Å². The second-order valence-corrected chi connectivity index (χ2v) is 6.95. The molecule has 0 saturated carbocycles. The zero-order chi connectivity index (χ0) is 19.0. The van der Waals surface area contributed by atoms with Crippen LogP contribution in [0.1, 0.15) is 41.3 Å². The van der Waals surface area contributed by atoms with Gasteiger partial charge in [-0.2, -0.15) is 5.10 Å². The molecule has 3 aromatic rings. The number of amides is 1. The Morgan fingerprint density at radius 3 is 2.78 bits per heavy atom. The van der Waals surface area contributed by atoms with E-state index in [1.807, 2.05) is 31.2 Å². The molecule has 0 radical (unpaired) electrons. The van der Waals surface area contributed by atoms with E-state index in [0.717, 1.165) is 34.5 Å². The zero-order valence-corrected chi connectivity index (χ0v) is 14.9. The molecule has 1 aromatic heterocycles. The molecule has 138 valence electrons. The average molecular weight is 365 g/mol. The molecule has 2 atom stereocenters.